The molecule has 192 valence electrons. The fourth-order valence-electron chi connectivity index (χ4n) is 5.21. The molecule has 3 N–H and O–H groups in total. The number of nitrogens with one attached hydrogen (secondary N) is 3. The highest BCUT2D eigenvalue weighted by Crippen LogP contribution is 2.34. The van der Waals surface area contributed by atoms with E-state index in [-0.39, 0.29) is 17.7 Å². The molecule has 8 nitrogen and oxygen atoms in total. The summed E-state index contributed by atoms with van der Waals surface area (Å²) in [5.41, 5.74) is 5.21. The molecule has 0 radical (unpaired) electrons. The van der Waals surface area contributed by atoms with Gasteiger partial charge < -0.3 is 10.2 Å². The van der Waals surface area contributed by atoms with Gasteiger partial charge in [0.15, 0.2) is 0 Å². The summed E-state index contributed by atoms with van der Waals surface area (Å²) < 4.78 is 0. The molecule has 1 aliphatic carbocycles. The van der Waals surface area contributed by atoms with Crippen molar-refractivity contribution in [3.8, 4) is 11.1 Å². The van der Waals surface area contributed by atoms with Crippen molar-refractivity contribution in [1.29, 1.82) is 0 Å². The number of carbonyl (C=O) groups is 2. The number of carbonyl (C=O) groups excluding carboxylic acids is 2. The summed E-state index contributed by atoms with van der Waals surface area (Å²) in [5, 5.41) is 17.2. The van der Waals surface area contributed by atoms with E-state index >= 15 is 0 Å². The van der Waals surface area contributed by atoms with Crippen LogP contribution in [-0.4, -0.2) is 61.7 Å². The van der Waals surface area contributed by atoms with Crippen molar-refractivity contribution in [3.63, 3.8) is 0 Å². The number of aromatic amines is 2. The van der Waals surface area contributed by atoms with Gasteiger partial charge in [0.1, 0.15) is 11.7 Å². The minimum absolute atomic E-state index is 0.116. The van der Waals surface area contributed by atoms with E-state index in [0.29, 0.717) is 18.2 Å². The molecule has 0 aliphatic heterocycles. The smallest absolute Gasteiger partial charge is 0.272 e. The van der Waals surface area contributed by atoms with E-state index in [1.54, 1.807) is 28.9 Å². The maximum Gasteiger partial charge on any atom is 0.272 e. The lowest BCUT2D eigenvalue weighted by atomic mass is 9.78. The maximum absolute atomic E-state index is 13.8. The third-order valence-electron chi connectivity index (χ3n) is 7.21. The van der Waals surface area contributed by atoms with E-state index in [9.17, 15) is 9.59 Å². The number of hydrogen-bond donors (Lipinski definition) is 3. The molecule has 1 atom stereocenters. The van der Waals surface area contributed by atoms with Crippen molar-refractivity contribution >= 4 is 29.3 Å². The summed E-state index contributed by atoms with van der Waals surface area (Å²) in [6.45, 7) is 6.74. The number of anilines is 1. The first kappa shape index (κ1) is 26.0. The second-order valence-electron chi connectivity index (χ2n) is 9.80. The summed E-state index contributed by atoms with van der Waals surface area (Å²) in [4.78, 5) is 29.1. The van der Waals surface area contributed by atoms with E-state index in [1.807, 2.05) is 44.4 Å². The van der Waals surface area contributed by atoms with Crippen LogP contribution in [0, 0.1) is 25.7 Å². The summed E-state index contributed by atoms with van der Waals surface area (Å²) >= 11 is 1.67. The third-order valence-corrected chi connectivity index (χ3v) is 7.80. The zero-order valence-electron chi connectivity index (χ0n) is 21.5. The molecule has 0 bridgehead atoms. The normalized spacial score (nSPS) is 18.6. The van der Waals surface area contributed by atoms with Gasteiger partial charge >= 0.3 is 0 Å². The summed E-state index contributed by atoms with van der Waals surface area (Å²) in [5.74, 6) is 1.21. The van der Waals surface area contributed by atoms with Gasteiger partial charge in [-0.25, -0.2) is 0 Å². The second kappa shape index (κ2) is 11.8. The standard InChI is InChI=1S/C27H36N6O2S/c1-17-5-7-21(8-6-17)25(33(15-16-36-4)27(35)23-13-14-28-32-23)26(34)29-22-11-9-20(10-12-22)24-18(2)30-31-19(24)3/h9-14,17,21,25H,5-8,15-16H2,1-4H3,(H,28,32)(H,29,34)(H,30,31)/t17?,21?,25-/m0/s1. The predicted octanol–water partition coefficient (Wildman–Crippen LogP) is 5.06. The van der Waals surface area contributed by atoms with Gasteiger partial charge in [-0.15, -0.1) is 0 Å². The molecular formula is C27H36N6O2S. The number of hydrogen-bond acceptors (Lipinski definition) is 5. The minimum Gasteiger partial charge on any atom is -0.324 e. The zero-order valence-corrected chi connectivity index (χ0v) is 22.3. The molecule has 2 amide bonds. The van der Waals surface area contributed by atoms with Gasteiger partial charge in [-0.3, -0.25) is 19.8 Å². The molecule has 3 aromatic rings. The van der Waals surface area contributed by atoms with E-state index < -0.39 is 6.04 Å². The number of amides is 2. The van der Waals surface area contributed by atoms with Crippen LogP contribution in [0.1, 0.15) is 54.5 Å². The molecule has 1 fully saturated rings. The van der Waals surface area contributed by atoms with Crippen molar-refractivity contribution in [2.75, 3.05) is 23.9 Å². The average Bonchev–Trinajstić information content (AvgIpc) is 3.53. The fraction of sp³-hybridized carbons (Fsp3) is 0.481. The Morgan fingerprint density at radius 1 is 1.11 bits per heavy atom. The lowest BCUT2D eigenvalue weighted by molar-refractivity contribution is -0.122. The van der Waals surface area contributed by atoms with Gasteiger partial charge in [0.25, 0.3) is 5.91 Å². The number of rotatable bonds is 9. The number of thioether (sulfide) groups is 1. The van der Waals surface area contributed by atoms with Crippen LogP contribution in [0.2, 0.25) is 0 Å². The topological polar surface area (TPSA) is 107 Å². The summed E-state index contributed by atoms with van der Waals surface area (Å²) in [6.07, 6.45) is 7.60. The molecule has 0 spiro atoms. The van der Waals surface area contributed by atoms with E-state index in [1.165, 1.54) is 0 Å². The van der Waals surface area contributed by atoms with Crippen LogP contribution in [0.5, 0.6) is 0 Å². The van der Waals surface area contributed by atoms with Crippen LogP contribution < -0.4 is 5.32 Å². The largest absolute Gasteiger partial charge is 0.324 e. The van der Waals surface area contributed by atoms with Crippen LogP contribution in [-0.2, 0) is 4.79 Å². The van der Waals surface area contributed by atoms with Crippen molar-refractivity contribution in [3.05, 3.63) is 53.6 Å². The fourth-order valence-corrected chi connectivity index (χ4v) is 5.59. The number of H-pyrrole nitrogens is 2. The molecule has 1 saturated carbocycles. The van der Waals surface area contributed by atoms with Crippen LogP contribution in [0.25, 0.3) is 11.1 Å². The van der Waals surface area contributed by atoms with E-state index in [2.05, 4.69) is 32.6 Å². The maximum atomic E-state index is 13.8. The highest BCUT2D eigenvalue weighted by atomic mass is 32.2. The van der Waals surface area contributed by atoms with Gasteiger partial charge in [-0.05, 0) is 68.5 Å². The highest BCUT2D eigenvalue weighted by Gasteiger charge is 2.38. The van der Waals surface area contributed by atoms with E-state index in [0.717, 1.165) is 59.6 Å². The number of benzene rings is 1. The Bertz CT molecular complexity index is 1130. The number of aryl methyl sites for hydroxylation is 2. The molecule has 1 aromatic carbocycles. The molecule has 36 heavy (non-hydrogen) atoms. The molecule has 2 aromatic heterocycles. The van der Waals surface area contributed by atoms with Gasteiger partial charge in [0.05, 0.1) is 5.69 Å². The lowest BCUT2D eigenvalue weighted by Crippen LogP contribution is -2.53. The number of nitrogens with zero attached hydrogens (tertiary/aromatic N) is 3. The van der Waals surface area contributed by atoms with Crippen LogP contribution in [0.4, 0.5) is 5.69 Å². The summed E-state index contributed by atoms with van der Waals surface area (Å²) in [7, 11) is 0. The molecule has 1 aliphatic rings. The first-order chi connectivity index (χ1) is 17.4. The van der Waals surface area contributed by atoms with E-state index in [4.69, 9.17) is 0 Å². The highest BCUT2D eigenvalue weighted by molar-refractivity contribution is 7.98. The van der Waals surface area contributed by atoms with Crippen molar-refractivity contribution in [1.82, 2.24) is 25.3 Å². The Labute approximate surface area is 217 Å². The minimum atomic E-state index is -0.543. The quantitative estimate of drug-likeness (QED) is 0.375. The van der Waals surface area contributed by atoms with Crippen molar-refractivity contribution in [2.24, 2.45) is 11.8 Å². The first-order valence-corrected chi connectivity index (χ1v) is 14.0. The molecule has 4 rings (SSSR count). The van der Waals surface area contributed by atoms with Crippen LogP contribution >= 0.6 is 11.8 Å². The molecule has 2 heterocycles. The SMILES string of the molecule is CSCCN(C(=O)c1ccn[nH]1)[C@H](C(=O)Nc1ccc(-c2c(C)n[nH]c2C)cc1)C1CCC(C)CC1. The van der Waals surface area contributed by atoms with Crippen molar-refractivity contribution in [2.45, 2.75) is 52.5 Å². The van der Waals surface area contributed by atoms with Gasteiger partial charge in [0, 0.05) is 35.4 Å². The average molecular weight is 509 g/mol. The molecule has 9 heteroatoms. The number of aromatic nitrogens is 4. The molecular weight excluding hydrogens is 472 g/mol. The lowest BCUT2D eigenvalue weighted by Gasteiger charge is -2.38. The Balaban J connectivity index is 1.59. The molecule has 0 saturated heterocycles. The monoisotopic (exact) mass is 508 g/mol. The van der Waals surface area contributed by atoms with Crippen LogP contribution in [0.15, 0.2) is 36.5 Å². The molecule has 0 unspecified atom stereocenters. The van der Waals surface area contributed by atoms with Crippen LogP contribution in [0.3, 0.4) is 0 Å². The Kier molecular flexibility index (Phi) is 8.51. The third kappa shape index (κ3) is 5.83. The van der Waals surface area contributed by atoms with Crippen molar-refractivity contribution < 1.29 is 9.59 Å². The Morgan fingerprint density at radius 2 is 1.83 bits per heavy atom. The summed E-state index contributed by atoms with van der Waals surface area (Å²) in [6, 6.07) is 8.96. The second-order valence-corrected chi connectivity index (χ2v) is 10.8. The van der Waals surface area contributed by atoms with Gasteiger partial charge in [0.2, 0.25) is 5.91 Å². The Hall–Kier alpha value is -3.07. The van der Waals surface area contributed by atoms with Gasteiger partial charge in [-0.1, -0.05) is 31.9 Å². The Morgan fingerprint density at radius 3 is 2.42 bits per heavy atom. The zero-order chi connectivity index (χ0) is 25.7. The predicted molar refractivity (Wildman–Crippen MR) is 145 cm³/mol. The van der Waals surface area contributed by atoms with Gasteiger partial charge in [-0.2, -0.15) is 22.0 Å². The first-order valence-electron chi connectivity index (χ1n) is 12.6.